The standard InChI is InChI=1S/C13H32N4/c1-12(2)11-16-8-7-14-5-6-15-9-10-17-13(3)4/h12-17H,5-11H2,1-4H3. The predicted octanol–water partition coefficient (Wildman–Crippen LogP) is 0.409. The molecule has 4 nitrogen and oxygen atoms in total. The van der Waals surface area contributed by atoms with Crippen molar-refractivity contribution in [2.45, 2.75) is 33.7 Å². The van der Waals surface area contributed by atoms with Gasteiger partial charge in [0.15, 0.2) is 0 Å². The van der Waals surface area contributed by atoms with Crippen molar-refractivity contribution in [2.75, 3.05) is 45.8 Å². The van der Waals surface area contributed by atoms with Crippen molar-refractivity contribution in [2.24, 2.45) is 5.92 Å². The molecule has 17 heavy (non-hydrogen) atoms. The minimum Gasteiger partial charge on any atom is -0.315 e. The number of rotatable bonds is 12. The van der Waals surface area contributed by atoms with Crippen LogP contribution in [-0.4, -0.2) is 51.9 Å². The molecule has 0 heterocycles. The first-order chi connectivity index (χ1) is 8.13. The predicted molar refractivity (Wildman–Crippen MR) is 76.6 cm³/mol. The Morgan fingerprint density at radius 3 is 1.59 bits per heavy atom. The van der Waals surface area contributed by atoms with Gasteiger partial charge in [-0.25, -0.2) is 0 Å². The summed E-state index contributed by atoms with van der Waals surface area (Å²) >= 11 is 0. The summed E-state index contributed by atoms with van der Waals surface area (Å²) in [5.74, 6) is 0.741. The molecule has 0 saturated heterocycles. The van der Waals surface area contributed by atoms with Gasteiger partial charge in [-0.15, -0.1) is 0 Å². The van der Waals surface area contributed by atoms with Crippen LogP contribution in [0.3, 0.4) is 0 Å². The van der Waals surface area contributed by atoms with E-state index in [1.54, 1.807) is 0 Å². The Balaban J connectivity index is 2.94. The normalized spacial score (nSPS) is 11.6. The van der Waals surface area contributed by atoms with Crippen molar-refractivity contribution in [3.63, 3.8) is 0 Å². The first kappa shape index (κ1) is 16.8. The van der Waals surface area contributed by atoms with E-state index in [4.69, 9.17) is 0 Å². The molecule has 0 aliphatic heterocycles. The summed E-state index contributed by atoms with van der Waals surface area (Å²) in [6.07, 6.45) is 0. The Bertz CT molecular complexity index is 132. The van der Waals surface area contributed by atoms with Crippen LogP contribution >= 0.6 is 0 Å². The molecule has 0 spiro atoms. The van der Waals surface area contributed by atoms with Crippen LogP contribution in [0.4, 0.5) is 0 Å². The highest BCUT2D eigenvalue weighted by molar-refractivity contribution is 4.58. The maximum Gasteiger partial charge on any atom is 0.00791 e. The maximum atomic E-state index is 3.42. The fraction of sp³-hybridized carbons (Fsp3) is 1.00. The third-order valence-electron chi connectivity index (χ3n) is 2.36. The lowest BCUT2D eigenvalue weighted by Gasteiger charge is -2.10. The van der Waals surface area contributed by atoms with Gasteiger partial charge in [0.05, 0.1) is 0 Å². The number of hydrogen-bond donors (Lipinski definition) is 4. The summed E-state index contributed by atoms with van der Waals surface area (Å²) in [7, 11) is 0. The average molecular weight is 244 g/mol. The second-order valence-corrected chi connectivity index (χ2v) is 5.21. The number of nitrogens with one attached hydrogen (secondary N) is 4. The fourth-order valence-corrected chi connectivity index (χ4v) is 1.44. The zero-order valence-electron chi connectivity index (χ0n) is 12.1. The van der Waals surface area contributed by atoms with Crippen LogP contribution in [0.25, 0.3) is 0 Å². The number of hydrogen-bond acceptors (Lipinski definition) is 4. The summed E-state index contributed by atoms with van der Waals surface area (Å²) in [5, 5.41) is 13.6. The van der Waals surface area contributed by atoms with E-state index >= 15 is 0 Å². The second kappa shape index (κ2) is 12.3. The van der Waals surface area contributed by atoms with Crippen molar-refractivity contribution < 1.29 is 0 Å². The minimum atomic E-state index is 0.585. The highest BCUT2D eigenvalue weighted by atomic mass is 15.0. The Morgan fingerprint density at radius 2 is 1.12 bits per heavy atom. The highest BCUT2D eigenvalue weighted by Crippen LogP contribution is 1.85. The summed E-state index contributed by atoms with van der Waals surface area (Å²) in [4.78, 5) is 0. The van der Waals surface area contributed by atoms with Crippen LogP contribution in [0.15, 0.2) is 0 Å². The van der Waals surface area contributed by atoms with Crippen molar-refractivity contribution in [3.05, 3.63) is 0 Å². The molecule has 0 amide bonds. The Kier molecular flexibility index (Phi) is 12.2. The molecule has 0 rings (SSSR count). The molecule has 0 unspecified atom stereocenters. The smallest absolute Gasteiger partial charge is 0.00791 e. The Labute approximate surface area is 107 Å². The highest BCUT2D eigenvalue weighted by Gasteiger charge is 1.93. The van der Waals surface area contributed by atoms with E-state index < -0.39 is 0 Å². The van der Waals surface area contributed by atoms with E-state index in [1.807, 2.05) is 0 Å². The van der Waals surface area contributed by atoms with Gasteiger partial charge in [0, 0.05) is 45.3 Å². The molecule has 4 heteroatoms. The lowest BCUT2D eigenvalue weighted by atomic mass is 10.2. The van der Waals surface area contributed by atoms with Crippen LogP contribution in [-0.2, 0) is 0 Å². The van der Waals surface area contributed by atoms with E-state index in [0.717, 1.165) is 51.7 Å². The zero-order chi connectivity index (χ0) is 12.9. The lowest BCUT2D eigenvalue weighted by Crippen LogP contribution is -2.36. The molecule has 0 aliphatic carbocycles. The molecular formula is C13H32N4. The molecule has 0 atom stereocenters. The Morgan fingerprint density at radius 1 is 0.647 bits per heavy atom. The van der Waals surface area contributed by atoms with Gasteiger partial charge in [0.1, 0.15) is 0 Å². The minimum absolute atomic E-state index is 0.585. The van der Waals surface area contributed by atoms with Gasteiger partial charge in [-0.2, -0.15) is 0 Å². The molecule has 0 fully saturated rings. The first-order valence-corrected chi connectivity index (χ1v) is 6.98. The van der Waals surface area contributed by atoms with E-state index in [9.17, 15) is 0 Å². The van der Waals surface area contributed by atoms with Crippen LogP contribution in [0, 0.1) is 5.92 Å². The summed E-state index contributed by atoms with van der Waals surface area (Å²) in [6.45, 7) is 16.2. The van der Waals surface area contributed by atoms with Crippen LogP contribution in [0.2, 0.25) is 0 Å². The summed E-state index contributed by atoms with van der Waals surface area (Å²) in [6, 6.07) is 0.585. The second-order valence-electron chi connectivity index (χ2n) is 5.21. The molecule has 0 aromatic heterocycles. The Hall–Kier alpha value is -0.160. The topological polar surface area (TPSA) is 48.1 Å². The van der Waals surface area contributed by atoms with Gasteiger partial charge in [-0.05, 0) is 12.5 Å². The molecule has 0 radical (unpaired) electrons. The fourth-order valence-electron chi connectivity index (χ4n) is 1.44. The van der Waals surface area contributed by atoms with E-state index in [2.05, 4.69) is 49.0 Å². The lowest BCUT2D eigenvalue weighted by molar-refractivity contribution is 0.522. The summed E-state index contributed by atoms with van der Waals surface area (Å²) < 4.78 is 0. The maximum absolute atomic E-state index is 3.42. The van der Waals surface area contributed by atoms with Crippen molar-refractivity contribution >= 4 is 0 Å². The van der Waals surface area contributed by atoms with Gasteiger partial charge in [0.25, 0.3) is 0 Å². The third-order valence-corrected chi connectivity index (χ3v) is 2.36. The van der Waals surface area contributed by atoms with E-state index in [0.29, 0.717) is 6.04 Å². The van der Waals surface area contributed by atoms with E-state index in [1.165, 1.54) is 0 Å². The van der Waals surface area contributed by atoms with E-state index in [-0.39, 0.29) is 0 Å². The third kappa shape index (κ3) is 15.8. The van der Waals surface area contributed by atoms with Crippen LogP contribution in [0.1, 0.15) is 27.7 Å². The van der Waals surface area contributed by atoms with Gasteiger partial charge in [0.2, 0.25) is 0 Å². The molecule has 0 bridgehead atoms. The SMILES string of the molecule is CC(C)CNCCNCCNCCNC(C)C. The largest absolute Gasteiger partial charge is 0.315 e. The van der Waals surface area contributed by atoms with Gasteiger partial charge < -0.3 is 21.3 Å². The molecule has 0 saturated carbocycles. The monoisotopic (exact) mass is 244 g/mol. The van der Waals surface area contributed by atoms with Crippen molar-refractivity contribution in [3.8, 4) is 0 Å². The first-order valence-electron chi connectivity index (χ1n) is 6.98. The molecule has 0 aromatic rings. The van der Waals surface area contributed by atoms with Crippen molar-refractivity contribution in [1.29, 1.82) is 0 Å². The average Bonchev–Trinajstić information content (AvgIpc) is 2.25. The molecule has 104 valence electrons. The zero-order valence-corrected chi connectivity index (χ0v) is 12.1. The molecule has 0 aromatic carbocycles. The molecule has 4 N–H and O–H groups in total. The molecular weight excluding hydrogens is 212 g/mol. The van der Waals surface area contributed by atoms with Gasteiger partial charge >= 0.3 is 0 Å². The van der Waals surface area contributed by atoms with Gasteiger partial charge in [-0.3, -0.25) is 0 Å². The molecule has 0 aliphatic rings. The van der Waals surface area contributed by atoms with Crippen molar-refractivity contribution in [1.82, 2.24) is 21.3 Å². The summed E-state index contributed by atoms with van der Waals surface area (Å²) in [5.41, 5.74) is 0. The van der Waals surface area contributed by atoms with Crippen LogP contribution < -0.4 is 21.3 Å². The van der Waals surface area contributed by atoms with Gasteiger partial charge in [-0.1, -0.05) is 27.7 Å². The quantitative estimate of drug-likeness (QED) is 0.376. The van der Waals surface area contributed by atoms with Crippen LogP contribution in [0.5, 0.6) is 0 Å².